The third kappa shape index (κ3) is 6.48. The fraction of sp³-hybridized carbons (Fsp3) is 0.440. The number of hydrogen-bond donors (Lipinski definition) is 2. The summed E-state index contributed by atoms with van der Waals surface area (Å²) in [4.78, 5) is 42.3. The molecule has 0 radical (unpaired) electrons. The second-order valence-corrected chi connectivity index (χ2v) is 8.15. The van der Waals surface area contributed by atoms with E-state index in [1.165, 1.54) is 19.4 Å². The van der Waals surface area contributed by atoms with E-state index in [9.17, 15) is 19.5 Å². The Hall–Kier alpha value is -3.66. The number of rotatable bonds is 6. The number of pyridine rings is 1. The minimum Gasteiger partial charge on any atom is -0.503 e. The number of nitrogens with zero attached hydrogens (tertiary/aromatic N) is 1. The number of nitrogens with one attached hydrogen (secondary N) is 1. The van der Waals surface area contributed by atoms with Gasteiger partial charge in [-0.05, 0) is 31.9 Å². The topological polar surface area (TPSA) is 133 Å². The van der Waals surface area contributed by atoms with Crippen molar-refractivity contribution in [3.05, 3.63) is 53.9 Å². The van der Waals surface area contributed by atoms with Crippen LogP contribution in [-0.2, 0) is 19.0 Å². The third-order valence-electron chi connectivity index (χ3n) is 5.84. The summed E-state index contributed by atoms with van der Waals surface area (Å²) >= 11 is 0. The van der Waals surface area contributed by atoms with Crippen molar-refractivity contribution in [2.45, 2.75) is 44.9 Å². The monoisotopic (exact) mass is 486 g/mol. The summed E-state index contributed by atoms with van der Waals surface area (Å²) in [5.41, 5.74) is 0.0907. The van der Waals surface area contributed by atoms with Crippen LogP contribution in [0.2, 0.25) is 0 Å². The molecule has 35 heavy (non-hydrogen) atoms. The van der Waals surface area contributed by atoms with E-state index < -0.39 is 41.8 Å². The Balaban J connectivity index is 1.75. The van der Waals surface area contributed by atoms with E-state index in [4.69, 9.17) is 18.9 Å². The normalized spacial score (nSPS) is 23.0. The van der Waals surface area contributed by atoms with Crippen molar-refractivity contribution in [2.75, 3.05) is 20.3 Å². The lowest BCUT2D eigenvalue weighted by atomic mass is 9.92. The van der Waals surface area contributed by atoms with Crippen molar-refractivity contribution in [1.29, 1.82) is 0 Å². The molecule has 3 rings (SSSR count). The van der Waals surface area contributed by atoms with Crippen molar-refractivity contribution in [3.8, 4) is 11.5 Å². The summed E-state index contributed by atoms with van der Waals surface area (Å²) < 4.78 is 22.0. The Morgan fingerprint density at radius 2 is 1.97 bits per heavy atom. The molecule has 2 heterocycles. The SMILES string of the molecule is CC[C@H]1CCOC[C@H](NC(=O)c2nccc(OC)c2O)C(=O)O[C@@H](C)[C@@H]1OC(=O)c1ccccc1. The first-order valence-electron chi connectivity index (χ1n) is 11.4. The highest BCUT2D eigenvalue weighted by molar-refractivity contribution is 5.98. The lowest BCUT2D eigenvalue weighted by Gasteiger charge is -2.33. The number of benzene rings is 1. The predicted octanol–water partition coefficient (Wildman–Crippen LogP) is 2.50. The number of aromatic nitrogens is 1. The highest BCUT2D eigenvalue weighted by Gasteiger charge is 2.36. The number of carbonyl (C=O) groups is 3. The summed E-state index contributed by atoms with van der Waals surface area (Å²) in [5.74, 6) is -2.55. The molecule has 1 aliphatic rings. The number of ether oxygens (including phenoxy) is 4. The molecule has 0 aliphatic carbocycles. The van der Waals surface area contributed by atoms with Gasteiger partial charge in [-0.3, -0.25) is 4.79 Å². The summed E-state index contributed by atoms with van der Waals surface area (Å²) in [6.07, 6.45) is 1.05. The van der Waals surface area contributed by atoms with Crippen LogP contribution in [0.15, 0.2) is 42.6 Å². The molecule has 0 unspecified atom stereocenters. The van der Waals surface area contributed by atoms with Gasteiger partial charge in [0, 0.05) is 24.8 Å². The summed E-state index contributed by atoms with van der Waals surface area (Å²) in [6.45, 7) is 3.77. The average molecular weight is 487 g/mol. The van der Waals surface area contributed by atoms with E-state index in [1.807, 2.05) is 6.92 Å². The average Bonchev–Trinajstić information content (AvgIpc) is 2.86. The molecule has 2 aromatic rings. The Bertz CT molecular complexity index is 1030. The second kappa shape index (κ2) is 12.2. The fourth-order valence-electron chi connectivity index (χ4n) is 3.87. The van der Waals surface area contributed by atoms with Crippen LogP contribution in [0.5, 0.6) is 11.5 Å². The zero-order valence-electron chi connectivity index (χ0n) is 19.9. The maximum absolute atomic E-state index is 12.9. The quantitative estimate of drug-likeness (QED) is 0.591. The molecular weight excluding hydrogens is 456 g/mol. The predicted molar refractivity (Wildman–Crippen MR) is 124 cm³/mol. The van der Waals surface area contributed by atoms with Crippen LogP contribution < -0.4 is 10.1 Å². The molecule has 1 saturated heterocycles. The van der Waals surface area contributed by atoms with Crippen molar-refractivity contribution < 1.29 is 38.4 Å². The molecule has 1 amide bonds. The molecule has 2 N–H and O–H groups in total. The Morgan fingerprint density at radius 1 is 1.23 bits per heavy atom. The summed E-state index contributed by atoms with van der Waals surface area (Å²) in [7, 11) is 1.34. The van der Waals surface area contributed by atoms with E-state index in [0.29, 0.717) is 18.4 Å². The molecular formula is C25H30N2O8. The molecule has 188 valence electrons. The number of hydrogen-bond acceptors (Lipinski definition) is 9. The van der Waals surface area contributed by atoms with E-state index in [0.717, 1.165) is 0 Å². The number of amides is 1. The van der Waals surface area contributed by atoms with Gasteiger partial charge in [0.25, 0.3) is 5.91 Å². The molecule has 10 heteroatoms. The molecule has 4 atom stereocenters. The molecule has 1 aromatic carbocycles. The van der Waals surface area contributed by atoms with Crippen LogP contribution in [0.3, 0.4) is 0 Å². The van der Waals surface area contributed by atoms with Crippen molar-refractivity contribution >= 4 is 17.8 Å². The van der Waals surface area contributed by atoms with E-state index in [1.54, 1.807) is 37.3 Å². The van der Waals surface area contributed by atoms with Gasteiger partial charge in [0.1, 0.15) is 12.2 Å². The minimum absolute atomic E-state index is 0.0669. The highest BCUT2D eigenvalue weighted by atomic mass is 16.6. The van der Waals surface area contributed by atoms with Crippen LogP contribution in [-0.4, -0.2) is 66.5 Å². The number of carbonyl (C=O) groups excluding carboxylic acids is 3. The van der Waals surface area contributed by atoms with Gasteiger partial charge in [0.2, 0.25) is 0 Å². The van der Waals surface area contributed by atoms with Crippen LogP contribution in [0.4, 0.5) is 0 Å². The van der Waals surface area contributed by atoms with Gasteiger partial charge in [-0.2, -0.15) is 0 Å². The van der Waals surface area contributed by atoms with Crippen LogP contribution in [0.1, 0.15) is 47.5 Å². The number of esters is 2. The van der Waals surface area contributed by atoms with Crippen molar-refractivity contribution in [2.24, 2.45) is 5.92 Å². The maximum atomic E-state index is 12.9. The summed E-state index contributed by atoms with van der Waals surface area (Å²) in [6, 6.07) is 8.80. The number of cyclic esters (lactones) is 1. The largest absolute Gasteiger partial charge is 0.503 e. The van der Waals surface area contributed by atoms with Crippen molar-refractivity contribution in [3.63, 3.8) is 0 Å². The molecule has 0 saturated carbocycles. The lowest BCUT2D eigenvalue weighted by molar-refractivity contribution is -0.162. The minimum atomic E-state index is -1.17. The van der Waals surface area contributed by atoms with Crippen LogP contribution in [0.25, 0.3) is 0 Å². The van der Waals surface area contributed by atoms with Crippen molar-refractivity contribution in [1.82, 2.24) is 10.3 Å². The summed E-state index contributed by atoms with van der Waals surface area (Å²) in [5, 5.41) is 12.7. The molecule has 10 nitrogen and oxygen atoms in total. The van der Waals surface area contributed by atoms with Gasteiger partial charge in [0.05, 0.1) is 19.3 Å². The zero-order valence-corrected chi connectivity index (χ0v) is 19.9. The fourth-order valence-corrected chi connectivity index (χ4v) is 3.87. The molecule has 0 spiro atoms. The smallest absolute Gasteiger partial charge is 0.338 e. The van der Waals surface area contributed by atoms with Crippen LogP contribution >= 0.6 is 0 Å². The molecule has 1 aromatic heterocycles. The Morgan fingerprint density at radius 3 is 2.66 bits per heavy atom. The zero-order chi connectivity index (χ0) is 25.4. The van der Waals surface area contributed by atoms with Gasteiger partial charge in [-0.15, -0.1) is 0 Å². The standard InChI is InChI=1S/C25H30N2O8/c1-4-16-11-13-33-14-18(27-23(29)20-21(28)19(32-3)10-12-26-20)25(31)34-15(2)22(16)35-24(30)17-8-6-5-7-9-17/h5-10,12,15-16,18,22,28H,4,11,13-14H2,1-3H3,(H,27,29)/t15-,16-,18-,22-/m0/s1. The van der Waals surface area contributed by atoms with Gasteiger partial charge >= 0.3 is 11.9 Å². The molecule has 1 fully saturated rings. The third-order valence-corrected chi connectivity index (χ3v) is 5.84. The van der Waals surface area contributed by atoms with Gasteiger partial charge in [-0.1, -0.05) is 25.1 Å². The number of aromatic hydroxyl groups is 1. The molecule has 0 bridgehead atoms. The molecule has 1 aliphatic heterocycles. The first kappa shape index (κ1) is 26.0. The van der Waals surface area contributed by atoms with Gasteiger partial charge < -0.3 is 29.4 Å². The Labute approximate surface area is 203 Å². The maximum Gasteiger partial charge on any atom is 0.338 e. The van der Waals surface area contributed by atoms with E-state index in [-0.39, 0.29) is 30.6 Å². The van der Waals surface area contributed by atoms with Crippen LogP contribution in [0, 0.1) is 5.92 Å². The first-order valence-corrected chi connectivity index (χ1v) is 11.4. The van der Waals surface area contributed by atoms with E-state index in [2.05, 4.69) is 10.3 Å². The van der Waals surface area contributed by atoms with Gasteiger partial charge in [-0.25, -0.2) is 14.6 Å². The lowest BCUT2D eigenvalue weighted by Crippen LogP contribution is -2.49. The highest BCUT2D eigenvalue weighted by Crippen LogP contribution is 2.28. The second-order valence-electron chi connectivity index (χ2n) is 8.15. The Kier molecular flexibility index (Phi) is 9.02. The van der Waals surface area contributed by atoms with Gasteiger partial charge in [0.15, 0.2) is 23.2 Å². The van der Waals surface area contributed by atoms with E-state index >= 15 is 0 Å². The number of methoxy groups -OCH3 is 1. The first-order chi connectivity index (χ1) is 16.8.